The molecule has 2 heterocycles. The molecule has 0 bridgehead atoms. The van der Waals surface area contributed by atoms with Gasteiger partial charge >= 0.3 is 5.97 Å². The van der Waals surface area contributed by atoms with E-state index in [0.717, 1.165) is 45.7 Å². The summed E-state index contributed by atoms with van der Waals surface area (Å²) >= 11 is 0. The molecule has 2 unspecified atom stereocenters. The lowest BCUT2D eigenvalue weighted by Crippen LogP contribution is -2.46. The van der Waals surface area contributed by atoms with Crippen LogP contribution in [-0.2, 0) is 9.53 Å². The van der Waals surface area contributed by atoms with Crippen molar-refractivity contribution < 1.29 is 9.53 Å². The second-order valence-electron chi connectivity index (χ2n) is 5.19. The zero-order chi connectivity index (χ0) is 12.3. The molecule has 1 N–H and O–H groups in total. The van der Waals surface area contributed by atoms with E-state index in [0.29, 0.717) is 5.92 Å². The Labute approximate surface area is 103 Å². The van der Waals surface area contributed by atoms with Gasteiger partial charge in [-0.15, -0.1) is 0 Å². The maximum atomic E-state index is 11.4. The molecule has 17 heavy (non-hydrogen) atoms. The van der Waals surface area contributed by atoms with Gasteiger partial charge < -0.3 is 19.9 Å². The largest absolute Gasteiger partial charge is 0.468 e. The molecule has 0 aromatic heterocycles. The van der Waals surface area contributed by atoms with Gasteiger partial charge in [0.05, 0.1) is 7.11 Å². The Morgan fingerprint density at radius 1 is 1.35 bits per heavy atom. The van der Waals surface area contributed by atoms with Crippen LogP contribution in [0.25, 0.3) is 0 Å². The number of piperazine rings is 1. The topological polar surface area (TPSA) is 44.8 Å². The lowest BCUT2D eigenvalue weighted by Gasteiger charge is -2.33. The first kappa shape index (κ1) is 12.8. The van der Waals surface area contributed by atoms with Gasteiger partial charge in [0, 0.05) is 39.3 Å². The highest BCUT2D eigenvalue weighted by atomic mass is 16.5. The highest BCUT2D eigenvalue weighted by molar-refractivity contribution is 5.76. The van der Waals surface area contributed by atoms with Crippen molar-refractivity contribution >= 4 is 5.97 Å². The van der Waals surface area contributed by atoms with E-state index in [2.05, 4.69) is 22.2 Å². The summed E-state index contributed by atoms with van der Waals surface area (Å²) in [7, 11) is 3.62. The Kier molecular flexibility index (Phi) is 4.36. The van der Waals surface area contributed by atoms with Crippen molar-refractivity contribution in [2.75, 3.05) is 53.4 Å². The number of nitrogens with zero attached hydrogens (tertiary/aromatic N) is 2. The van der Waals surface area contributed by atoms with Crippen LogP contribution in [0.1, 0.15) is 6.42 Å². The van der Waals surface area contributed by atoms with Crippen molar-refractivity contribution in [3.05, 3.63) is 0 Å². The number of ether oxygens (including phenoxy) is 1. The van der Waals surface area contributed by atoms with Crippen LogP contribution in [0.2, 0.25) is 0 Å². The Balaban J connectivity index is 1.72. The van der Waals surface area contributed by atoms with Crippen LogP contribution in [0.3, 0.4) is 0 Å². The number of carbonyl (C=O) groups excluding carboxylic acids is 1. The summed E-state index contributed by atoms with van der Waals surface area (Å²) in [4.78, 5) is 16.3. The fourth-order valence-electron chi connectivity index (χ4n) is 2.67. The standard InChI is InChI=1S/C12H23N3O2/c1-14-3-5-15(6-4-14)9-10-7-11(13-8-10)12(16)17-2/h10-11,13H,3-9H2,1-2H3. The molecule has 2 aliphatic rings. The van der Waals surface area contributed by atoms with Gasteiger partial charge in [0.2, 0.25) is 0 Å². The number of nitrogens with one attached hydrogen (secondary N) is 1. The van der Waals surface area contributed by atoms with Gasteiger partial charge in [-0.3, -0.25) is 4.79 Å². The third-order valence-corrected chi connectivity index (χ3v) is 3.82. The van der Waals surface area contributed by atoms with Gasteiger partial charge in [-0.2, -0.15) is 0 Å². The molecule has 2 fully saturated rings. The van der Waals surface area contributed by atoms with Crippen LogP contribution < -0.4 is 5.32 Å². The number of methoxy groups -OCH3 is 1. The zero-order valence-corrected chi connectivity index (χ0v) is 10.8. The first-order valence-corrected chi connectivity index (χ1v) is 6.41. The fourth-order valence-corrected chi connectivity index (χ4v) is 2.67. The SMILES string of the molecule is COC(=O)C1CC(CN2CCN(C)CC2)CN1. The van der Waals surface area contributed by atoms with Crippen LogP contribution in [0.15, 0.2) is 0 Å². The molecule has 5 nitrogen and oxygen atoms in total. The average Bonchev–Trinajstić information content (AvgIpc) is 2.80. The smallest absolute Gasteiger partial charge is 0.322 e. The third-order valence-electron chi connectivity index (χ3n) is 3.82. The summed E-state index contributed by atoms with van der Waals surface area (Å²) in [5.41, 5.74) is 0. The van der Waals surface area contributed by atoms with Gasteiger partial charge in [-0.05, 0) is 19.4 Å². The highest BCUT2D eigenvalue weighted by Crippen LogP contribution is 2.17. The molecule has 2 saturated heterocycles. The van der Waals surface area contributed by atoms with Crippen LogP contribution >= 0.6 is 0 Å². The molecule has 0 aromatic rings. The Morgan fingerprint density at radius 2 is 2.06 bits per heavy atom. The van der Waals surface area contributed by atoms with Crippen LogP contribution in [0.5, 0.6) is 0 Å². The predicted octanol–water partition coefficient (Wildman–Crippen LogP) is -0.615. The molecule has 0 saturated carbocycles. The molecule has 0 amide bonds. The molecule has 2 aliphatic heterocycles. The van der Waals surface area contributed by atoms with Crippen LogP contribution in [0, 0.1) is 5.92 Å². The summed E-state index contributed by atoms with van der Waals surface area (Å²) in [5.74, 6) is 0.466. The van der Waals surface area contributed by atoms with Gasteiger partial charge in [-0.1, -0.05) is 0 Å². The van der Waals surface area contributed by atoms with E-state index < -0.39 is 0 Å². The molecule has 2 atom stereocenters. The van der Waals surface area contributed by atoms with Crippen LogP contribution in [0.4, 0.5) is 0 Å². The molecule has 98 valence electrons. The van der Waals surface area contributed by atoms with Crippen molar-refractivity contribution in [3.8, 4) is 0 Å². The molecule has 5 heteroatoms. The lowest BCUT2D eigenvalue weighted by molar-refractivity contribution is -0.142. The second kappa shape index (κ2) is 5.80. The first-order valence-electron chi connectivity index (χ1n) is 6.41. The summed E-state index contributed by atoms with van der Waals surface area (Å²) in [6.07, 6.45) is 0.916. The average molecular weight is 241 g/mol. The van der Waals surface area contributed by atoms with Gasteiger partial charge in [0.25, 0.3) is 0 Å². The van der Waals surface area contributed by atoms with Crippen molar-refractivity contribution in [2.24, 2.45) is 5.92 Å². The molecule has 0 radical (unpaired) electrons. The molecule has 0 spiro atoms. The minimum Gasteiger partial charge on any atom is -0.468 e. The van der Waals surface area contributed by atoms with Crippen molar-refractivity contribution in [1.82, 2.24) is 15.1 Å². The lowest BCUT2D eigenvalue weighted by atomic mass is 10.0. The molecule has 0 aromatic carbocycles. The summed E-state index contributed by atoms with van der Waals surface area (Å²) in [6, 6.07) is -0.0857. The predicted molar refractivity (Wildman–Crippen MR) is 65.9 cm³/mol. The first-order chi connectivity index (χ1) is 8.19. The van der Waals surface area contributed by atoms with Crippen LogP contribution in [-0.4, -0.2) is 75.2 Å². The summed E-state index contributed by atoms with van der Waals surface area (Å²) in [6.45, 7) is 6.65. The highest BCUT2D eigenvalue weighted by Gasteiger charge is 2.31. The molecule has 0 aliphatic carbocycles. The summed E-state index contributed by atoms with van der Waals surface area (Å²) in [5, 5.41) is 3.24. The maximum absolute atomic E-state index is 11.4. The zero-order valence-electron chi connectivity index (χ0n) is 10.8. The Hall–Kier alpha value is -0.650. The van der Waals surface area contributed by atoms with Crippen molar-refractivity contribution in [3.63, 3.8) is 0 Å². The normalized spacial score (nSPS) is 31.6. The van der Waals surface area contributed by atoms with E-state index in [1.54, 1.807) is 0 Å². The second-order valence-corrected chi connectivity index (χ2v) is 5.19. The minimum absolute atomic E-state index is 0.0857. The van der Waals surface area contributed by atoms with E-state index in [1.807, 2.05) is 0 Å². The van der Waals surface area contributed by atoms with E-state index in [1.165, 1.54) is 7.11 Å². The molecular formula is C12H23N3O2. The number of hydrogen-bond donors (Lipinski definition) is 1. The number of carbonyl (C=O) groups is 1. The quantitative estimate of drug-likeness (QED) is 0.668. The maximum Gasteiger partial charge on any atom is 0.322 e. The number of likely N-dealkylation sites (N-methyl/N-ethyl adjacent to an activating group) is 1. The Morgan fingerprint density at radius 3 is 2.71 bits per heavy atom. The van der Waals surface area contributed by atoms with Crippen molar-refractivity contribution in [1.29, 1.82) is 0 Å². The third kappa shape index (κ3) is 3.40. The van der Waals surface area contributed by atoms with Crippen molar-refractivity contribution in [2.45, 2.75) is 12.5 Å². The molecular weight excluding hydrogens is 218 g/mol. The summed E-state index contributed by atoms with van der Waals surface area (Å²) < 4.78 is 4.76. The number of esters is 1. The Bertz CT molecular complexity index is 264. The van der Waals surface area contributed by atoms with E-state index in [-0.39, 0.29) is 12.0 Å². The van der Waals surface area contributed by atoms with E-state index in [9.17, 15) is 4.79 Å². The number of rotatable bonds is 3. The molecule has 2 rings (SSSR count). The minimum atomic E-state index is -0.120. The monoisotopic (exact) mass is 241 g/mol. The van der Waals surface area contributed by atoms with Gasteiger partial charge in [0.1, 0.15) is 6.04 Å². The van der Waals surface area contributed by atoms with Gasteiger partial charge in [-0.25, -0.2) is 0 Å². The van der Waals surface area contributed by atoms with Gasteiger partial charge in [0.15, 0.2) is 0 Å². The van der Waals surface area contributed by atoms with E-state index >= 15 is 0 Å². The fraction of sp³-hybridized carbons (Fsp3) is 0.917. The number of hydrogen-bond acceptors (Lipinski definition) is 5. The van der Waals surface area contributed by atoms with E-state index in [4.69, 9.17) is 4.74 Å².